The first kappa shape index (κ1) is 13.6. The third-order valence-electron chi connectivity index (χ3n) is 2.76. The molecule has 0 bridgehead atoms. The summed E-state index contributed by atoms with van der Waals surface area (Å²) in [5, 5.41) is 0. The van der Waals surface area contributed by atoms with E-state index in [4.69, 9.17) is 9.47 Å². The molecule has 1 aromatic carbocycles. The molecule has 1 aromatic rings. The van der Waals surface area contributed by atoms with E-state index in [1.54, 1.807) is 13.3 Å². The van der Waals surface area contributed by atoms with Crippen LogP contribution in [0, 0.1) is 0 Å². The molecular formula is C15H19NO3. The molecule has 1 aliphatic rings. The minimum absolute atomic E-state index is 0.412. The quantitative estimate of drug-likeness (QED) is 0.776. The van der Waals surface area contributed by atoms with E-state index in [1.807, 2.05) is 51.1 Å². The number of amides is 1. The lowest BCUT2D eigenvalue weighted by atomic mass is 10.0. The molecule has 0 N–H and O–H groups in total. The average molecular weight is 261 g/mol. The fourth-order valence-corrected chi connectivity index (χ4v) is 1.99. The van der Waals surface area contributed by atoms with Crippen molar-refractivity contribution in [3.63, 3.8) is 0 Å². The number of benzene rings is 1. The van der Waals surface area contributed by atoms with E-state index >= 15 is 0 Å². The van der Waals surface area contributed by atoms with Crippen molar-refractivity contribution < 1.29 is 14.3 Å². The van der Waals surface area contributed by atoms with Gasteiger partial charge in [0, 0.05) is 18.9 Å². The fraction of sp³-hybridized carbons (Fsp3) is 0.400. The first-order valence-electron chi connectivity index (χ1n) is 6.23. The second-order valence-corrected chi connectivity index (χ2v) is 5.42. The Morgan fingerprint density at radius 3 is 2.58 bits per heavy atom. The number of carbonyl (C=O) groups is 1. The highest BCUT2D eigenvalue weighted by molar-refractivity contribution is 5.73. The van der Waals surface area contributed by atoms with Gasteiger partial charge in [0.05, 0.1) is 0 Å². The van der Waals surface area contributed by atoms with E-state index in [9.17, 15) is 4.79 Å². The van der Waals surface area contributed by atoms with Crippen LogP contribution in [0.1, 0.15) is 38.1 Å². The van der Waals surface area contributed by atoms with Gasteiger partial charge in [0.2, 0.25) is 0 Å². The molecule has 4 heteroatoms. The first-order valence-corrected chi connectivity index (χ1v) is 6.23. The van der Waals surface area contributed by atoms with Crippen LogP contribution in [0.25, 0.3) is 6.08 Å². The highest BCUT2D eigenvalue weighted by Crippen LogP contribution is 2.31. The molecule has 1 atom stereocenters. The largest absolute Gasteiger partial charge is 0.443 e. The Morgan fingerprint density at radius 1 is 1.26 bits per heavy atom. The maximum atomic E-state index is 12.2. The predicted octanol–water partition coefficient (Wildman–Crippen LogP) is 3.55. The van der Waals surface area contributed by atoms with Gasteiger partial charge in [0.15, 0.2) is 6.23 Å². The SMILES string of the molecule is COC1c2ccccc2C=CN1C(=O)OC(C)(C)C. The van der Waals surface area contributed by atoms with Gasteiger partial charge in [-0.1, -0.05) is 24.3 Å². The zero-order chi connectivity index (χ0) is 14.0. The topological polar surface area (TPSA) is 38.8 Å². The highest BCUT2D eigenvalue weighted by atomic mass is 16.6. The first-order chi connectivity index (χ1) is 8.92. The normalized spacial score (nSPS) is 18.1. The van der Waals surface area contributed by atoms with Gasteiger partial charge in [-0.2, -0.15) is 0 Å². The molecule has 0 saturated heterocycles. The lowest BCUT2D eigenvalue weighted by Gasteiger charge is -2.33. The van der Waals surface area contributed by atoms with E-state index in [0.717, 1.165) is 11.1 Å². The number of nitrogens with zero attached hydrogens (tertiary/aromatic N) is 1. The Hall–Kier alpha value is -1.81. The van der Waals surface area contributed by atoms with E-state index in [2.05, 4.69) is 0 Å². The molecule has 102 valence electrons. The zero-order valence-corrected chi connectivity index (χ0v) is 11.7. The van der Waals surface area contributed by atoms with Crippen LogP contribution < -0.4 is 0 Å². The summed E-state index contributed by atoms with van der Waals surface area (Å²) >= 11 is 0. The fourth-order valence-electron chi connectivity index (χ4n) is 1.99. The van der Waals surface area contributed by atoms with Crippen LogP contribution in [0.2, 0.25) is 0 Å². The van der Waals surface area contributed by atoms with Gasteiger partial charge in [0.1, 0.15) is 5.60 Å². The number of methoxy groups -OCH3 is 1. The third-order valence-corrected chi connectivity index (χ3v) is 2.76. The lowest BCUT2D eigenvalue weighted by Crippen LogP contribution is -2.38. The van der Waals surface area contributed by atoms with Crippen molar-refractivity contribution in [2.75, 3.05) is 7.11 Å². The van der Waals surface area contributed by atoms with Crippen molar-refractivity contribution in [1.82, 2.24) is 4.90 Å². The molecule has 4 nitrogen and oxygen atoms in total. The summed E-state index contributed by atoms with van der Waals surface area (Å²) in [6.07, 6.45) is 2.72. The second-order valence-electron chi connectivity index (χ2n) is 5.42. The summed E-state index contributed by atoms with van der Waals surface area (Å²) in [7, 11) is 1.58. The predicted molar refractivity (Wildman–Crippen MR) is 73.3 cm³/mol. The molecule has 1 aliphatic heterocycles. The Bertz CT molecular complexity index is 502. The molecule has 0 aliphatic carbocycles. The van der Waals surface area contributed by atoms with Gasteiger partial charge in [-0.3, -0.25) is 4.90 Å². The highest BCUT2D eigenvalue weighted by Gasteiger charge is 2.31. The molecule has 0 saturated carbocycles. The Kier molecular flexibility index (Phi) is 3.62. The Balaban J connectivity index is 2.27. The molecule has 1 amide bonds. The Morgan fingerprint density at radius 2 is 1.95 bits per heavy atom. The summed E-state index contributed by atoms with van der Waals surface area (Å²) in [6.45, 7) is 5.52. The van der Waals surface area contributed by atoms with Crippen LogP contribution in [-0.2, 0) is 9.47 Å². The molecule has 1 heterocycles. The zero-order valence-electron chi connectivity index (χ0n) is 11.7. The Labute approximate surface area is 113 Å². The van der Waals surface area contributed by atoms with Gasteiger partial charge in [-0.05, 0) is 32.4 Å². The monoisotopic (exact) mass is 261 g/mol. The van der Waals surface area contributed by atoms with Gasteiger partial charge < -0.3 is 9.47 Å². The maximum absolute atomic E-state index is 12.2. The average Bonchev–Trinajstić information content (AvgIpc) is 2.35. The molecule has 2 rings (SSSR count). The van der Waals surface area contributed by atoms with E-state index in [0.29, 0.717) is 0 Å². The number of fused-ring (bicyclic) bond motifs is 1. The summed E-state index contributed by atoms with van der Waals surface area (Å²) < 4.78 is 10.8. The van der Waals surface area contributed by atoms with Crippen LogP contribution in [0.4, 0.5) is 4.79 Å². The molecule has 0 fully saturated rings. The van der Waals surface area contributed by atoms with Gasteiger partial charge >= 0.3 is 6.09 Å². The minimum atomic E-state index is -0.528. The number of hydrogen-bond donors (Lipinski definition) is 0. The smallest absolute Gasteiger partial charge is 0.416 e. The van der Waals surface area contributed by atoms with E-state index < -0.39 is 17.9 Å². The number of carbonyl (C=O) groups excluding carboxylic acids is 1. The van der Waals surface area contributed by atoms with Crippen molar-refractivity contribution in [2.24, 2.45) is 0 Å². The van der Waals surface area contributed by atoms with E-state index in [-0.39, 0.29) is 0 Å². The van der Waals surface area contributed by atoms with E-state index in [1.165, 1.54) is 4.90 Å². The molecule has 19 heavy (non-hydrogen) atoms. The number of ether oxygens (including phenoxy) is 2. The van der Waals surface area contributed by atoms with Crippen molar-refractivity contribution in [3.8, 4) is 0 Å². The lowest BCUT2D eigenvalue weighted by molar-refractivity contribution is -0.0326. The standard InChI is InChI=1S/C15H19NO3/c1-15(2,3)19-14(17)16-10-9-11-7-5-6-8-12(11)13(16)18-4/h5-10,13H,1-4H3. The summed E-state index contributed by atoms with van der Waals surface area (Å²) in [5.74, 6) is 0. The van der Waals surface area contributed by atoms with Crippen molar-refractivity contribution >= 4 is 12.2 Å². The van der Waals surface area contributed by atoms with Crippen molar-refractivity contribution in [1.29, 1.82) is 0 Å². The molecular weight excluding hydrogens is 242 g/mol. The van der Waals surface area contributed by atoms with Crippen LogP contribution in [-0.4, -0.2) is 23.7 Å². The second kappa shape index (κ2) is 5.05. The molecule has 0 spiro atoms. The number of rotatable bonds is 1. The summed E-state index contributed by atoms with van der Waals surface area (Å²) in [6, 6.07) is 7.82. The van der Waals surface area contributed by atoms with Crippen molar-refractivity contribution in [2.45, 2.75) is 32.6 Å². The summed E-state index contributed by atoms with van der Waals surface area (Å²) in [5.41, 5.74) is 1.48. The van der Waals surface area contributed by atoms with Gasteiger partial charge in [-0.15, -0.1) is 0 Å². The van der Waals surface area contributed by atoms with Gasteiger partial charge in [0.25, 0.3) is 0 Å². The van der Waals surface area contributed by atoms with Crippen molar-refractivity contribution in [3.05, 3.63) is 41.6 Å². The van der Waals surface area contributed by atoms with Gasteiger partial charge in [-0.25, -0.2) is 4.79 Å². The van der Waals surface area contributed by atoms with Crippen LogP contribution in [0.5, 0.6) is 0 Å². The van der Waals surface area contributed by atoms with Crippen LogP contribution in [0.3, 0.4) is 0 Å². The number of hydrogen-bond acceptors (Lipinski definition) is 3. The summed E-state index contributed by atoms with van der Waals surface area (Å²) in [4.78, 5) is 13.6. The van der Waals surface area contributed by atoms with Crippen LogP contribution in [0.15, 0.2) is 30.5 Å². The minimum Gasteiger partial charge on any atom is -0.443 e. The molecule has 0 radical (unpaired) electrons. The van der Waals surface area contributed by atoms with Crippen LogP contribution >= 0.6 is 0 Å². The maximum Gasteiger partial charge on any atom is 0.416 e. The third kappa shape index (κ3) is 2.96. The molecule has 0 aromatic heterocycles. The molecule has 1 unspecified atom stereocenters.